The fraction of sp³-hybridized carbons (Fsp3) is 0.286. The number of furan rings is 1. The van der Waals surface area contributed by atoms with Gasteiger partial charge in [0.15, 0.2) is 11.5 Å². The average Bonchev–Trinajstić information content (AvgIpc) is 3.53. The van der Waals surface area contributed by atoms with Gasteiger partial charge in [-0.15, -0.1) is 0 Å². The monoisotopic (exact) mass is 457 g/mol. The minimum absolute atomic E-state index is 0.238. The number of amides is 1. The summed E-state index contributed by atoms with van der Waals surface area (Å²) >= 11 is 0. The fourth-order valence-electron chi connectivity index (χ4n) is 4.78. The maximum Gasteiger partial charge on any atom is 0.291 e. The van der Waals surface area contributed by atoms with Gasteiger partial charge < -0.3 is 14.3 Å². The molecule has 0 aliphatic heterocycles. The second-order valence-corrected chi connectivity index (χ2v) is 8.78. The van der Waals surface area contributed by atoms with Gasteiger partial charge >= 0.3 is 0 Å². The van der Waals surface area contributed by atoms with Crippen molar-refractivity contribution in [1.82, 2.24) is 9.55 Å². The number of hydrogen-bond donors (Lipinski definition) is 1. The Hall–Kier alpha value is -3.67. The number of carbonyl (C=O) groups is 1. The summed E-state index contributed by atoms with van der Waals surface area (Å²) in [6, 6.07) is 17.9. The minimum atomic E-state index is -0.292. The molecule has 1 fully saturated rings. The summed E-state index contributed by atoms with van der Waals surface area (Å²) in [7, 11) is 0. The van der Waals surface area contributed by atoms with E-state index in [1.165, 1.54) is 31.4 Å². The lowest BCUT2D eigenvalue weighted by molar-refractivity contribution is 0.0997. The zero-order chi connectivity index (χ0) is 23.5. The number of hydrogen-bond acceptors (Lipinski definition) is 3. The third-order valence-electron chi connectivity index (χ3n) is 6.59. The number of nitrogens with zero attached hydrogens (tertiary/aromatic N) is 2. The van der Waals surface area contributed by atoms with Crippen molar-refractivity contribution in [3.8, 4) is 22.7 Å². The molecule has 1 N–H and O–H groups in total. The Morgan fingerprint density at radius 2 is 1.82 bits per heavy atom. The maximum absolute atomic E-state index is 13.6. The quantitative estimate of drug-likeness (QED) is 0.331. The van der Waals surface area contributed by atoms with E-state index in [-0.39, 0.29) is 17.5 Å². The fourth-order valence-corrected chi connectivity index (χ4v) is 4.78. The zero-order valence-corrected chi connectivity index (χ0v) is 19.3. The van der Waals surface area contributed by atoms with Crippen LogP contribution in [0, 0.1) is 5.82 Å². The molecule has 0 saturated heterocycles. The first-order valence-electron chi connectivity index (χ1n) is 12.0. The summed E-state index contributed by atoms with van der Waals surface area (Å²) in [4.78, 5) is 17.7. The van der Waals surface area contributed by atoms with Gasteiger partial charge in [-0.1, -0.05) is 44.4 Å². The van der Waals surface area contributed by atoms with Crippen molar-refractivity contribution in [2.75, 3.05) is 5.32 Å². The number of carbonyl (C=O) groups excluding carboxylic acids is 1. The SMILES string of the molecule is CCc1ccccc1NC(=O)c1ccc(-c2c(-c3ccc(F)cc3)ncn2C2CCCCC2)o1. The van der Waals surface area contributed by atoms with Gasteiger partial charge in [0.1, 0.15) is 11.5 Å². The molecule has 2 aromatic heterocycles. The van der Waals surface area contributed by atoms with Crippen LogP contribution >= 0.6 is 0 Å². The van der Waals surface area contributed by atoms with Crippen LogP contribution in [0.5, 0.6) is 0 Å². The van der Waals surface area contributed by atoms with E-state index in [1.54, 1.807) is 18.2 Å². The highest BCUT2D eigenvalue weighted by molar-refractivity contribution is 6.03. The summed E-state index contributed by atoms with van der Waals surface area (Å²) in [5, 5.41) is 2.97. The van der Waals surface area contributed by atoms with Crippen molar-refractivity contribution in [1.29, 1.82) is 0 Å². The highest BCUT2D eigenvalue weighted by Gasteiger charge is 2.25. The predicted octanol–water partition coefficient (Wildman–Crippen LogP) is 7.27. The van der Waals surface area contributed by atoms with Crippen molar-refractivity contribution in [3.63, 3.8) is 0 Å². The number of benzene rings is 2. The molecule has 0 atom stereocenters. The first kappa shape index (κ1) is 22.1. The molecule has 6 heteroatoms. The van der Waals surface area contributed by atoms with Gasteiger partial charge in [0.25, 0.3) is 5.91 Å². The van der Waals surface area contributed by atoms with Gasteiger partial charge in [0.05, 0.1) is 12.0 Å². The molecule has 2 aromatic carbocycles. The van der Waals surface area contributed by atoms with E-state index in [0.717, 1.165) is 47.5 Å². The molecular weight excluding hydrogens is 429 g/mol. The molecule has 5 nitrogen and oxygen atoms in total. The molecular formula is C28H28FN3O2. The number of aromatic nitrogens is 2. The molecule has 4 aromatic rings. The topological polar surface area (TPSA) is 60.1 Å². The number of halogens is 1. The lowest BCUT2D eigenvalue weighted by Gasteiger charge is -2.24. The van der Waals surface area contributed by atoms with Crippen LogP contribution in [0.1, 0.15) is 61.2 Å². The number of rotatable bonds is 6. The van der Waals surface area contributed by atoms with E-state index in [1.807, 2.05) is 36.7 Å². The number of anilines is 1. The zero-order valence-electron chi connectivity index (χ0n) is 19.3. The predicted molar refractivity (Wildman–Crippen MR) is 131 cm³/mol. The number of imidazole rings is 1. The summed E-state index contributed by atoms with van der Waals surface area (Å²) in [5.74, 6) is 0.235. The second-order valence-electron chi connectivity index (χ2n) is 8.78. The van der Waals surface area contributed by atoms with Gasteiger partial charge in [0.2, 0.25) is 0 Å². The van der Waals surface area contributed by atoms with Crippen LogP contribution in [0.3, 0.4) is 0 Å². The highest BCUT2D eigenvalue weighted by atomic mass is 19.1. The Morgan fingerprint density at radius 3 is 2.59 bits per heavy atom. The molecule has 0 bridgehead atoms. The molecule has 174 valence electrons. The summed E-state index contributed by atoms with van der Waals surface area (Å²) in [5.41, 5.74) is 4.21. The smallest absolute Gasteiger partial charge is 0.291 e. The average molecular weight is 458 g/mol. The normalized spacial score (nSPS) is 14.3. The molecule has 34 heavy (non-hydrogen) atoms. The van der Waals surface area contributed by atoms with Crippen molar-refractivity contribution >= 4 is 11.6 Å². The maximum atomic E-state index is 13.6. The largest absolute Gasteiger partial charge is 0.449 e. The lowest BCUT2D eigenvalue weighted by Crippen LogP contribution is -2.13. The van der Waals surface area contributed by atoms with E-state index in [9.17, 15) is 9.18 Å². The Balaban J connectivity index is 1.51. The first-order valence-corrected chi connectivity index (χ1v) is 12.0. The molecule has 1 amide bonds. The molecule has 1 saturated carbocycles. The van der Waals surface area contributed by atoms with Crippen LogP contribution in [0.4, 0.5) is 10.1 Å². The van der Waals surface area contributed by atoms with E-state index in [0.29, 0.717) is 11.8 Å². The second kappa shape index (κ2) is 9.67. The van der Waals surface area contributed by atoms with E-state index < -0.39 is 0 Å². The molecule has 1 aliphatic rings. The van der Waals surface area contributed by atoms with Crippen LogP contribution in [-0.2, 0) is 6.42 Å². The van der Waals surface area contributed by atoms with Crippen LogP contribution in [0.2, 0.25) is 0 Å². The summed E-state index contributed by atoms with van der Waals surface area (Å²) in [6.07, 6.45) is 8.43. The third-order valence-corrected chi connectivity index (χ3v) is 6.59. The number of para-hydroxylation sites is 1. The van der Waals surface area contributed by atoms with Gasteiger partial charge in [-0.05, 0) is 67.3 Å². The first-order chi connectivity index (χ1) is 16.6. The van der Waals surface area contributed by atoms with Crippen molar-refractivity contribution in [3.05, 3.63) is 84.1 Å². The Bertz CT molecular complexity index is 1280. The van der Waals surface area contributed by atoms with Crippen LogP contribution < -0.4 is 5.32 Å². The Morgan fingerprint density at radius 1 is 1.06 bits per heavy atom. The van der Waals surface area contributed by atoms with Crippen molar-refractivity contribution in [2.45, 2.75) is 51.5 Å². The van der Waals surface area contributed by atoms with Crippen LogP contribution in [-0.4, -0.2) is 15.5 Å². The van der Waals surface area contributed by atoms with E-state index in [4.69, 9.17) is 9.40 Å². The molecule has 0 radical (unpaired) electrons. The molecule has 1 aliphatic carbocycles. The van der Waals surface area contributed by atoms with E-state index >= 15 is 0 Å². The molecule has 2 heterocycles. The standard InChI is InChI=1S/C28H28FN3O2/c1-2-19-8-6-7-11-23(19)31-28(33)25-17-16-24(34-25)27-26(20-12-14-21(29)15-13-20)30-18-32(27)22-9-4-3-5-10-22/h6-8,11-18,22H,2-5,9-10H2,1H3,(H,31,33). The van der Waals surface area contributed by atoms with E-state index in [2.05, 4.69) is 16.8 Å². The van der Waals surface area contributed by atoms with Crippen LogP contribution in [0.15, 0.2) is 71.4 Å². The highest BCUT2D eigenvalue weighted by Crippen LogP contribution is 2.38. The Labute approximate surface area is 198 Å². The lowest BCUT2D eigenvalue weighted by atomic mass is 9.95. The summed E-state index contributed by atoms with van der Waals surface area (Å²) < 4.78 is 21.8. The number of nitrogens with one attached hydrogen (secondary N) is 1. The Kier molecular flexibility index (Phi) is 6.30. The minimum Gasteiger partial charge on any atom is -0.449 e. The van der Waals surface area contributed by atoms with Crippen molar-refractivity contribution in [2.24, 2.45) is 0 Å². The van der Waals surface area contributed by atoms with Gasteiger partial charge in [-0.25, -0.2) is 9.37 Å². The third kappa shape index (κ3) is 4.40. The van der Waals surface area contributed by atoms with Gasteiger partial charge in [-0.3, -0.25) is 4.79 Å². The summed E-state index contributed by atoms with van der Waals surface area (Å²) in [6.45, 7) is 2.05. The molecule has 0 unspecified atom stereocenters. The van der Waals surface area contributed by atoms with Gasteiger partial charge in [0, 0.05) is 17.3 Å². The number of aryl methyl sites for hydroxylation is 1. The molecule has 5 rings (SSSR count). The molecule has 0 spiro atoms. The van der Waals surface area contributed by atoms with Crippen LogP contribution in [0.25, 0.3) is 22.7 Å². The van der Waals surface area contributed by atoms with Crippen molar-refractivity contribution < 1.29 is 13.6 Å². The van der Waals surface area contributed by atoms with Gasteiger partial charge in [-0.2, -0.15) is 0 Å².